The molecule has 6 nitrogen and oxygen atoms in total. The lowest BCUT2D eigenvalue weighted by molar-refractivity contribution is -0.117. The summed E-state index contributed by atoms with van der Waals surface area (Å²) in [6, 6.07) is 12.8. The van der Waals surface area contributed by atoms with Gasteiger partial charge in [-0.05, 0) is 54.8 Å². The molecule has 28 heavy (non-hydrogen) atoms. The number of rotatable bonds is 6. The van der Waals surface area contributed by atoms with Gasteiger partial charge in [-0.25, -0.2) is 0 Å². The number of carbonyl (C=O) groups is 2. The number of hydrogen-bond donors (Lipinski definition) is 2. The topological polar surface area (TPSA) is 76.7 Å². The molecule has 1 fully saturated rings. The maximum Gasteiger partial charge on any atom is 0.251 e. The van der Waals surface area contributed by atoms with Crippen molar-refractivity contribution in [3.05, 3.63) is 53.6 Å². The molecule has 0 aromatic heterocycles. The average molecular weight is 380 g/mol. The molecule has 2 aromatic carbocycles. The van der Waals surface area contributed by atoms with E-state index < -0.39 is 0 Å². The van der Waals surface area contributed by atoms with Crippen LogP contribution in [0.2, 0.25) is 0 Å². The lowest BCUT2D eigenvalue weighted by Crippen LogP contribution is -2.36. The Morgan fingerprint density at radius 2 is 1.75 bits per heavy atom. The molecule has 1 aliphatic carbocycles. The van der Waals surface area contributed by atoms with Gasteiger partial charge in [0.15, 0.2) is 11.5 Å². The van der Waals surface area contributed by atoms with Crippen LogP contribution in [0.25, 0.3) is 0 Å². The van der Waals surface area contributed by atoms with Crippen LogP contribution in [0.5, 0.6) is 11.5 Å². The van der Waals surface area contributed by atoms with Crippen molar-refractivity contribution in [2.45, 2.75) is 32.1 Å². The van der Waals surface area contributed by atoms with Crippen molar-refractivity contribution in [1.29, 1.82) is 0 Å². The fourth-order valence-corrected chi connectivity index (χ4v) is 3.12. The molecule has 2 aromatic rings. The van der Waals surface area contributed by atoms with Crippen LogP contribution in [0.1, 0.15) is 42.6 Å². The highest BCUT2D eigenvalue weighted by molar-refractivity contribution is 5.96. The van der Waals surface area contributed by atoms with Gasteiger partial charge in [0, 0.05) is 29.1 Å². The number of benzene rings is 2. The van der Waals surface area contributed by atoms with Gasteiger partial charge in [0.2, 0.25) is 12.7 Å². The number of anilines is 1. The molecule has 1 heterocycles. The van der Waals surface area contributed by atoms with Gasteiger partial charge in [0.1, 0.15) is 0 Å². The summed E-state index contributed by atoms with van der Waals surface area (Å²) in [5.41, 5.74) is 2.07. The van der Waals surface area contributed by atoms with Crippen molar-refractivity contribution >= 4 is 17.5 Å². The van der Waals surface area contributed by atoms with Crippen molar-refractivity contribution in [2.75, 3.05) is 18.7 Å². The van der Waals surface area contributed by atoms with E-state index in [4.69, 9.17) is 9.47 Å². The Bertz CT molecular complexity index is 901. The van der Waals surface area contributed by atoms with Crippen LogP contribution < -0.4 is 20.1 Å². The summed E-state index contributed by atoms with van der Waals surface area (Å²) in [7, 11) is 0. The molecule has 4 rings (SSSR count). The summed E-state index contributed by atoms with van der Waals surface area (Å²) in [5.74, 6) is 1.55. The van der Waals surface area contributed by atoms with Crippen molar-refractivity contribution < 1.29 is 19.1 Å². The second-order valence-electron chi connectivity index (χ2n) is 7.98. The second kappa shape index (κ2) is 7.19. The van der Waals surface area contributed by atoms with E-state index in [0.29, 0.717) is 17.8 Å². The van der Waals surface area contributed by atoms with Gasteiger partial charge in [0.05, 0.1) is 0 Å². The highest BCUT2D eigenvalue weighted by Gasteiger charge is 2.29. The Labute approximate surface area is 164 Å². The second-order valence-corrected chi connectivity index (χ2v) is 7.98. The van der Waals surface area contributed by atoms with Crippen molar-refractivity contribution in [1.82, 2.24) is 5.32 Å². The van der Waals surface area contributed by atoms with Crippen LogP contribution >= 0.6 is 0 Å². The summed E-state index contributed by atoms with van der Waals surface area (Å²) in [4.78, 5) is 24.3. The molecule has 2 aliphatic rings. The molecule has 2 amide bonds. The van der Waals surface area contributed by atoms with Gasteiger partial charge in [-0.2, -0.15) is 0 Å². The van der Waals surface area contributed by atoms with Gasteiger partial charge in [-0.3, -0.25) is 9.59 Å². The molecular weight excluding hydrogens is 356 g/mol. The third kappa shape index (κ3) is 3.96. The summed E-state index contributed by atoms with van der Waals surface area (Å²) in [6.45, 7) is 4.86. The Kier molecular flexibility index (Phi) is 4.71. The molecule has 0 bridgehead atoms. The van der Waals surface area contributed by atoms with Crippen LogP contribution in [0.15, 0.2) is 42.5 Å². The smallest absolute Gasteiger partial charge is 0.251 e. The summed E-state index contributed by atoms with van der Waals surface area (Å²) >= 11 is 0. The quantitative estimate of drug-likeness (QED) is 0.805. The standard InChI is InChI=1S/C22H24N2O4/c1-22(2,16-7-10-18-19(11-16)28-13-27-18)12-23-20(25)14-5-8-17(9-6-14)24-21(26)15-3-4-15/h5-11,15H,3-4,12-13H2,1-2H3,(H,23,25)(H,24,26). The number of hydrogen-bond acceptors (Lipinski definition) is 4. The largest absolute Gasteiger partial charge is 0.454 e. The normalized spacial score (nSPS) is 15.2. The van der Waals surface area contributed by atoms with Crippen molar-refractivity contribution in [3.8, 4) is 11.5 Å². The van der Waals surface area contributed by atoms with Gasteiger partial charge in [-0.15, -0.1) is 0 Å². The first-order valence-electron chi connectivity index (χ1n) is 9.52. The first kappa shape index (κ1) is 18.3. The minimum atomic E-state index is -0.269. The number of ether oxygens (including phenoxy) is 2. The number of amides is 2. The van der Waals surface area contributed by atoms with Gasteiger partial charge >= 0.3 is 0 Å². The highest BCUT2D eigenvalue weighted by atomic mass is 16.7. The third-order valence-corrected chi connectivity index (χ3v) is 5.21. The van der Waals surface area contributed by atoms with Gasteiger partial charge < -0.3 is 20.1 Å². The summed E-state index contributed by atoms with van der Waals surface area (Å²) in [6.07, 6.45) is 1.93. The highest BCUT2D eigenvalue weighted by Crippen LogP contribution is 2.36. The van der Waals surface area contributed by atoms with Crippen LogP contribution in [-0.2, 0) is 10.2 Å². The molecule has 0 radical (unpaired) electrons. The lowest BCUT2D eigenvalue weighted by atomic mass is 9.84. The van der Waals surface area contributed by atoms with E-state index in [-0.39, 0.29) is 29.9 Å². The first-order valence-corrected chi connectivity index (χ1v) is 9.52. The predicted molar refractivity (Wildman–Crippen MR) is 106 cm³/mol. The molecule has 1 saturated carbocycles. The zero-order chi connectivity index (χ0) is 19.7. The monoisotopic (exact) mass is 380 g/mol. The van der Waals surface area contributed by atoms with E-state index in [2.05, 4.69) is 24.5 Å². The predicted octanol–water partition coefficient (Wildman–Crippen LogP) is 3.47. The lowest BCUT2D eigenvalue weighted by Gasteiger charge is -2.26. The Balaban J connectivity index is 1.35. The van der Waals surface area contributed by atoms with E-state index in [1.165, 1.54) is 0 Å². The molecule has 0 saturated heterocycles. The molecular formula is C22H24N2O4. The maximum absolute atomic E-state index is 12.5. The number of nitrogens with one attached hydrogen (secondary N) is 2. The molecule has 0 atom stereocenters. The minimum Gasteiger partial charge on any atom is -0.454 e. The van der Waals surface area contributed by atoms with Gasteiger partial charge in [-0.1, -0.05) is 19.9 Å². The minimum absolute atomic E-state index is 0.0580. The molecule has 146 valence electrons. The third-order valence-electron chi connectivity index (χ3n) is 5.21. The van der Waals surface area contributed by atoms with E-state index in [1.54, 1.807) is 24.3 Å². The van der Waals surface area contributed by atoms with E-state index in [1.807, 2.05) is 18.2 Å². The average Bonchev–Trinajstić information content (AvgIpc) is 3.44. The maximum atomic E-state index is 12.5. The molecule has 2 N–H and O–H groups in total. The fourth-order valence-electron chi connectivity index (χ4n) is 3.12. The van der Waals surface area contributed by atoms with E-state index in [9.17, 15) is 9.59 Å². The number of carbonyl (C=O) groups excluding carboxylic acids is 2. The van der Waals surface area contributed by atoms with Crippen LogP contribution in [0.4, 0.5) is 5.69 Å². The molecule has 0 unspecified atom stereocenters. The van der Waals surface area contributed by atoms with Crippen LogP contribution in [0.3, 0.4) is 0 Å². The SMILES string of the molecule is CC(C)(CNC(=O)c1ccc(NC(=O)C2CC2)cc1)c1ccc2c(c1)OCO2. The summed E-state index contributed by atoms with van der Waals surface area (Å²) < 4.78 is 10.8. The Morgan fingerprint density at radius 1 is 1.04 bits per heavy atom. The fraction of sp³-hybridized carbons (Fsp3) is 0.364. The Morgan fingerprint density at radius 3 is 2.46 bits per heavy atom. The zero-order valence-electron chi connectivity index (χ0n) is 16.1. The van der Waals surface area contributed by atoms with E-state index >= 15 is 0 Å². The molecule has 6 heteroatoms. The van der Waals surface area contributed by atoms with Gasteiger partial charge in [0.25, 0.3) is 5.91 Å². The van der Waals surface area contributed by atoms with Crippen molar-refractivity contribution in [2.24, 2.45) is 5.92 Å². The zero-order valence-corrected chi connectivity index (χ0v) is 16.1. The van der Waals surface area contributed by atoms with Crippen LogP contribution in [-0.4, -0.2) is 25.2 Å². The first-order chi connectivity index (χ1) is 13.4. The molecule has 1 aliphatic heterocycles. The Hall–Kier alpha value is -3.02. The van der Waals surface area contributed by atoms with Crippen molar-refractivity contribution in [3.63, 3.8) is 0 Å². The molecule has 0 spiro atoms. The summed E-state index contributed by atoms with van der Waals surface area (Å²) in [5, 5.41) is 5.87. The van der Waals surface area contributed by atoms with Crippen LogP contribution in [0, 0.1) is 5.92 Å². The van der Waals surface area contributed by atoms with E-state index in [0.717, 1.165) is 29.9 Å². The number of fused-ring (bicyclic) bond motifs is 1.